The highest BCUT2D eigenvalue weighted by Crippen LogP contribution is 2.22. The summed E-state index contributed by atoms with van der Waals surface area (Å²) < 4.78 is 0. The van der Waals surface area contributed by atoms with E-state index in [-0.39, 0.29) is 5.54 Å². The van der Waals surface area contributed by atoms with Crippen molar-refractivity contribution in [1.29, 1.82) is 0 Å². The van der Waals surface area contributed by atoms with Gasteiger partial charge in [-0.15, -0.1) is 0 Å². The molecule has 0 spiro atoms. The van der Waals surface area contributed by atoms with E-state index in [2.05, 4.69) is 39.6 Å². The molecular formula is C14H32N2. The number of hydrogen-bond donors (Lipinski definition) is 1. The van der Waals surface area contributed by atoms with Crippen molar-refractivity contribution < 1.29 is 0 Å². The van der Waals surface area contributed by atoms with Gasteiger partial charge in [-0.2, -0.15) is 0 Å². The minimum absolute atomic E-state index is 0.181. The van der Waals surface area contributed by atoms with Crippen LogP contribution in [0.5, 0.6) is 0 Å². The van der Waals surface area contributed by atoms with Crippen molar-refractivity contribution in [2.24, 2.45) is 5.73 Å². The van der Waals surface area contributed by atoms with E-state index < -0.39 is 0 Å². The van der Waals surface area contributed by atoms with Crippen LogP contribution in [0, 0.1) is 0 Å². The van der Waals surface area contributed by atoms with E-state index in [9.17, 15) is 0 Å². The molecule has 2 nitrogen and oxygen atoms in total. The van der Waals surface area contributed by atoms with Crippen LogP contribution in [-0.4, -0.2) is 30.1 Å². The van der Waals surface area contributed by atoms with Crippen LogP contribution < -0.4 is 5.73 Å². The molecule has 0 rings (SSSR count). The molecule has 16 heavy (non-hydrogen) atoms. The maximum absolute atomic E-state index is 5.94. The molecule has 2 heteroatoms. The van der Waals surface area contributed by atoms with E-state index in [0.717, 1.165) is 6.54 Å². The third-order valence-electron chi connectivity index (χ3n) is 3.88. The van der Waals surface area contributed by atoms with Gasteiger partial charge in [-0.25, -0.2) is 0 Å². The monoisotopic (exact) mass is 228 g/mol. The van der Waals surface area contributed by atoms with Gasteiger partial charge in [-0.3, -0.25) is 4.90 Å². The highest BCUT2D eigenvalue weighted by molar-refractivity contribution is 4.87. The molecule has 0 aromatic carbocycles. The maximum Gasteiger partial charge on any atom is 0.0303 e. The number of rotatable bonds is 9. The zero-order valence-electron chi connectivity index (χ0n) is 12.1. The van der Waals surface area contributed by atoms with Crippen molar-refractivity contribution in [2.75, 3.05) is 13.6 Å². The lowest BCUT2D eigenvalue weighted by Gasteiger charge is -2.41. The Kier molecular flexibility index (Phi) is 8.04. The van der Waals surface area contributed by atoms with Crippen molar-refractivity contribution in [2.45, 2.75) is 77.8 Å². The first-order valence-electron chi connectivity index (χ1n) is 6.91. The Morgan fingerprint density at radius 2 is 1.69 bits per heavy atom. The fourth-order valence-corrected chi connectivity index (χ4v) is 2.16. The molecule has 2 N–H and O–H groups in total. The zero-order valence-corrected chi connectivity index (χ0v) is 12.1. The lowest BCUT2D eigenvalue weighted by atomic mass is 9.91. The molecule has 0 heterocycles. The fourth-order valence-electron chi connectivity index (χ4n) is 2.16. The van der Waals surface area contributed by atoms with Crippen molar-refractivity contribution in [1.82, 2.24) is 4.90 Å². The molecule has 0 amide bonds. The standard InChI is InChI=1S/C14H32N2/c1-6-7-8-9-10-11-14(4,12-15)16(5)13(2)3/h13H,6-12,15H2,1-5H3. The second kappa shape index (κ2) is 8.08. The predicted molar refractivity (Wildman–Crippen MR) is 73.7 cm³/mol. The molecule has 0 aromatic heterocycles. The third-order valence-corrected chi connectivity index (χ3v) is 3.88. The Balaban J connectivity index is 3.97. The Bertz CT molecular complexity index is 168. The number of nitrogens with zero attached hydrogens (tertiary/aromatic N) is 1. The normalized spacial score (nSPS) is 15.8. The van der Waals surface area contributed by atoms with Gasteiger partial charge in [-0.1, -0.05) is 39.0 Å². The summed E-state index contributed by atoms with van der Waals surface area (Å²) in [4.78, 5) is 2.42. The summed E-state index contributed by atoms with van der Waals surface area (Å²) in [5.74, 6) is 0. The number of hydrogen-bond acceptors (Lipinski definition) is 2. The molecule has 0 saturated carbocycles. The minimum atomic E-state index is 0.181. The van der Waals surface area contributed by atoms with Gasteiger partial charge in [0.1, 0.15) is 0 Å². The van der Waals surface area contributed by atoms with E-state index in [1.807, 2.05) is 0 Å². The van der Waals surface area contributed by atoms with E-state index in [0.29, 0.717) is 6.04 Å². The van der Waals surface area contributed by atoms with E-state index >= 15 is 0 Å². The summed E-state index contributed by atoms with van der Waals surface area (Å²) in [5.41, 5.74) is 6.13. The molecule has 1 unspecified atom stereocenters. The Morgan fingerprint density at radius 3 is 2.12 bits per heavy atom. The number of unbranched alkanes of at least 4 members (excludes halogenated alkanes) is 4. The number of likely N-dealkylation sites (N-methyl/N-ethyl adjacent to an activating group) is 1. The van der Waals surface area contributed by atoms with Crippen LogP contribution in [0.15, 0.2) is 0 Å². The van der Waals surface area contributed by atoms with E-state index in [1.165, 1.54) is 38.5 Å². The topological polar surface area (TPSA) is 29.3 Å². The Labute approximate surface area is 103 Å². The second-order valence-electron chi connectivity index (χ2n) is 5.57. The van der Waals surface area contributed by atoms with Crippen LogP contribution in [0.2, 0.25) is 0 Å². The minimum Gasteiger partial charge on any atom is -0.329 e. The van der Waals surface area contributed by atoms with Crippen LogP contribution in [0.25, 0.3) is 0 Å². The van der Waals surface area contributed by atoms with Gasteiger partial charge >= 0.3 is 0 Å². The van der Waals surface area contributed by atoms with Crippen LogP contribution in [0.4, 0.5) is 0 Å². The predicted octanol–water partition coefficient (Wildman–Crippen LogP) is 3.40. The summed E-state index contributed by atoms with van der Waals surface area (Å²) in [6.07, 6.45) is 7.96. The van der Waals surface area contributed by atoms with E-state index in [1.54, 1.807) is 0 Å². The van der Waals surface area contributed by atoms with Crippen LogP contribution in [0.1, 0.15) is 66.2 Å². The molecule has 0 radical (unpaired) electrons. The number of nitrogens with two attached hydrogens (primary N) is 1. The summed E-state index contributed by atoms with van der Waals surface area (Å²) in [6, 6.07) is 0.573. The quantitative estimate of drug-likeness (QED) is 0.613. The summed E-state index contributed by atoms with van der Waals surface area (Å²) in [7, 11) is 2.20. The van der Waals surface area contributed by atoms with Gasteiger partial charge in [-0.05, 0) is 34.2 Å². The lowest BCUT2D eigenvalue weighted by Crippen LogP contribution is -2.52. The average molecular weight is 228 g/mol. The van der Waals surface area contributed by atoms with Gasteiger partial charge in [0.15, 0.2) is 0 Å². The molecule has 0 aliphatic carbocycles. The maximum atomic E-state index is 5.94. The van der Waals surface area contributed by atoms with E-state index in [4.69, 9.17) is 5.73 Å². The van der Waals surface area contributed by atoms with Crippen LogP contribution in [-0.2, 0) is 0 Å². The Hall–Kier alpha value is -0.0800. The average Bonchev–Trinajstić information content (AvgIpc) is 2.27. The van der Waals surface area contributed by atoms with Crippen LogP contribution >= 0.6 is 0 Å². The molecule has 0 bridgehead atoms. The smallest absolute Gasteiger partial charge is 0.0303 e. The molecule has 0 aliphatic rings. The van der Waals surface area contributed by atoms with Gasteiger partial charge in [0.2, 0.25) is 0 Å². The molecular weight excluding hydrogens is 196 g/mol. The van der Waals surface area contributed by atoms with Crippen molar-refractivity contribution >= 4 is 0 Å². The SMILES string of the molecule is CCCCCCCC(C)(CN)N(C)C(C)C. The summed E-state index contributed by atoms with van der Waals surface area (Å²) in [6.45, 7) is 9.80. The highest BCUT2D eigenvalue weighted by Gasteiger charge is 2.28. The van der Waals surface area contributed by atoms with Crippen molar-refractivity contribution in [3.63, 3.8) is 0 Å². The fraction of sp³-hybridized carbons (Fsp3) is 1.00. The first-order valence-corrected chi connectivity index (χ1v) is 6.91. The molecule has 0 saturated heterocycles. The van der Waals surface area contributed by atoms with Gasteiger partial charge < -0.3 is 5.73 Å². The van der Waals surface area contributed by atoms with Crippen molar-refractivity contribution in [3.8, 4) is 0 Å². The van der Waals surface area contributed by atoms with Gasteiger partial charge in [0, 0.05) is 18.1 Å². The van der Waals surface area contributed by atoms with Gasteiger partial charge in [0.05, 0.1) is 0 Å². The second-order valence-corrected chi connectivity index (χ2v) is 5.57. The molecule has 0 fully saturated rings. The van der Waals surface area contributed by atoms with Crippen molar-refractivity contribution in [3.05, 3.63) is 0 Å². The zero-order chi connectivity index (χ0) is 12.6. The summed E-state index contributed by atoms with van der Waals surface area (Å²) in [5, 5.41) is 0. The molecule has 0 aliphatic heterocycles. The third kappa shape index (κ3) is 5.31. The van der Waals surface area contributed by atoms with Gasteiger partial charge in [0.25, 0.3) is 0 Å². The summed E-state index contributed by atoms with van der Waals surface area (Å²) >= 11 is 0. The molecule has 0 aromatic rings. The highest BCUT2D eigenvalue weighted by atomic mass is 15.2. The first-order chi connectivity index (χ1) is 7.48. The van der Waals surface area contributed by atoms with Crippen LogP contribution in [0.3, 0.4) is 0 Å². The Morgan fingerprint density at radius 1 is 1.12 bits per heavy atom. The first kappa shape index (κ1) is 15.9. The molecule has 98 valence electrons. The largest absolute Gasteiger partial charge is 0.329 e. The molecule has 1 atom stereocenters. The lowest BCUT2D eigenvalue weighted by molar-refractivity contribution is 0.0972.